The molecule has 0 aliphatic heterocycles. The number of aryl methyl sites for hydroxylation is 1. The van der Waals surface area contributed by atoms with Gasteiger partial charge < -0.3 is 5.73 Å². The maximum absolute atomic E-state index is 12.0. The lowest BCUT2D eigenvalue weighted by atomic mass is 10.2. The number of sulfonamides is 1. The Morgan fingerprint density at radius 3 is 2.72 bits per heavy atom. The maximum atomic E-state index is 12.0. The predicted octanol–water partition coefficient (Wildman–Crippen LogP) is 2.00. The molecule has 1 aromatic rings. The van der Waals surface area contributed by atoms with Crippen molar-refractivity contribution in [2.45, 2.75) is 25.2 Å². The fourth-order valence-electron chi connectivity index (χ4n) is 1.39. The van der Waals surface area contributed by atoms with E-state index in [4.69, 9.17) is 5.73 Å². The molecule has 0 atom stereocenters. The van der Waals surface area contributed by atoms with Gasteiger partial charge in [-0.05, 0) is 42.5 Å². The van der Waals surface area contributed by atoms with Crippen LogP contribution in [0.15, 0.2) is 23.1 Å². The predicted molar refractivity (Wildman–Crippen MR) is 78.4 cm³/mol. The molecule has 0 saturated heterocycles. The number of anilines is 1. The molecule has 0 radical (unpaired) electrons. The maximum Gasteiger partial charge on any atom is 0.240 e. The summed E-state index contributed by atoms with van der Waals surface area (Å²) in [5.41, 5.74) is 7.10. The number of hydrogen-bond acceptors (Lipinski definition) is 4. The summed E-state index contributed by atoms with van der Waals surface area (Å²) in [6, 6.07) is 4.80. The minimum atomic E-state index is -3.43. The van der Waals surface area contributed by atoms with Crippen molar-refractivity contribution in [3.8, 4) is 0 Å². The van der Waals surface area contributed by atoms with Gasteiger partial charge in [0, 0.05) is 12.2 Å². The van der Waals surface area contributed by atoms with E-state index in [1.807, 2.05) is 6.92 Å². The number of benzene rings is 1. The molecular formula is C12H20N2O2S2. The second-order valence-corrected chi connectivity index (χ2v) is 7.13. The van der Waals surface area contributed by atoms with E-state index in [9.17, 15) is 8.42 Å². The Kier molecular flexibility index (Phi) is 5.98. The summed E-state index contributed by atoms with van der Waals surface area (Å²) in [7, 11) is -3.43. The molecule has 1 rings (SSSR count). The van der Waals surface area contributed by atoms with Crippen LogP contribution in [0.5, 0.6) is 0 Å². The van der Waals surface area contributed by atoms with Crippen LogP contribution in [0.25, 0.3) is 0 Å². The van der Waals surface area contributed by atoms with E-state index < -0.39 is 10.0 Å². The van der Waals surface area contributed by atoms with Gasteiger partial charge in [0.15, 0.2) is 0 Å². The molecule has 4 nitrogen and oxygen atoms in total. The zero-order valence-electron chi connectivity index (χ0n) is 10.8. The molecular weight excluding hydrogens is 268 g/mol. The summed E-state index contributed by atoms with van der Waals surface area (Å²) < 4.78 is 26.5. The molecule has 18 heavy (non-hydrogen) atoms. The minimum Gasteiger partial charge on any atom is -0.398 e. The van der Waals surface area contributed by atoms with Crippen molar-refractivity contribution < 1.29 is 8.42 Å². The first-order valence-electron chi connectivity index (χ1n) is 5.91. The minimum absolute atomic E-state index is 0.230. The smallest absolute Gasteiger partial charge is 0.240 e. The normalized spacial score (nSPS) is 11.7. The van der Waals surface area contributed by atoms with E-state index in [1.54, 1.807) is 23.9 Å². The zero-order valence-corrected chi connectivity index (χ0v) is 12.4. The van der Waals surface area contributed by atoms with Crippen LogP contribution in [0.4, 0.5) is 5.69 Å². The highest BCUT2D eigenvalue weighted by Gasteiger charge is 2.13. The van der Waals surface area contributed by atoms with Gasteiger partial charge in [-0.3, -0.25) is 0 Å². The van der Waals surface area contributed by atoms with Crippen LogP contribution in [0.2, 0.25) is 0 Å². The van der Waals surface area contributed by atoms with Gasteiger partial charge in [-0.25, -0.2) is 13.1 Å². The Labute approximate surface area is 113 Å². The SMILES string of the molecule is CCSCCCNS(=O)(=O)c1ccc(C)c(N)c1. The lowest BCUT2D eigenvalue weighted by Crippen LogP contribution is -2.25. The first-order valence-corrected chi connectivity index (χ1v) is 8.54. The molecule has 6 heteroatoms. The molecule has 0 aromatic heterocycles. The van der Waals surface area contributed by atoms with Gasteiger partial charge >= 0.3 is 0 Å². The Bertz CT molecular complexity index is 487. The quantitative estimate of drug-likeness (QED) is 0.594. The van der Waals surface area contributed by atoms with E-state index >= 15 is 0 Å². The molecule has 0 heterocycles. The second-order valence-electron chi connectivity index (χ2n) is 3.97. The van der Waals surface area contributed by atoms with Crippen LogP contribution >= 0.6 is 11.8 Å². The lowest BCUT2D eigenvalue weighted by molar-refractivity contribution is 0.581. The fraction of sp³-hybridized carbons (Fsp3) is 0.500. The van der Waals surface area contributed by atoms with Gasteiger partial charge in [0.2, 0.25) is 10.0 Å². The van der Waals surface area contributed by atoms with Gasteiger partial charge in [-0.15, -0.1) is 0 Å². The average molecular weight is 288 g/mol. The van der Waals surface area contributed by atoms with Gasteiger partial charge in [-0.2, -0.15) is 11.8 Å². The van der Waals surface area contributed by atoms with Crippen LogP contribution in [-0.2, 0) is 10.0 Å². The summed E-state index contributed by atoms with van der Waals surface area (Å²) >= 11 is 1.80. The van der Waals surface area contributed by atoms with E-state index in [2.05, 4.69) is 11.6 Å². The highest BCUT2D eigenvalue weighted by molar-refractivity contribution is 7.99. The van der Waals surface area contributed by atoms with Gasteiger partial charge in [0.05, 0.1) is 4.90 Å². The third-order valence-corrected chi connectivity index (χ3v) is 4.97. The highest BCUT2D eigenvalue weighted by atomic mass is 32.2. The number of thioether (sulfide) groups is 1. The Balaban J connectivity index is 2.60. The molecule has 0 unspecified atom stereocenters. The fourth-order valence-corrected chi connectivity index (χ4v) is 3.14. The zero-order chi connectivity index (χ0) is 13.6. The first-order chi connectivity index (χ1) is 8.47. The van der Waals surface area contributed by atoms with Crippen LogP contribution in [0.3, 0.4) is 0 Å². The molecule has 0 saturated carbocycles. The van der Waals surface area contributed by atoms with Gasteiger partial charge in [-0.1, -0.05) is 13.0 Å². The monoisotopic (exact) mass is 288 g/mol. The number of nitrogens with one attached hydrogen (secondary N) is 1. The van der Waals surface area contributed by atoms with Crippen molar-refractivity contribution in [2.75, 3.05) is 23.8 Å². The van der Waals surface area contributed by atoms with Gasteiger partial charge in [0.25, 0.3) is 0 Å². The molecule has 0 spiro atoms. The third-order valence-electron chi connectivity index (χ3n) is 2.52. The summed E-state index contributed by atoms with van der Waals surface area (Å²) in [6.45, 7) is 4.40. The molecule has 102 valence electrons. The van der Waals surface area contributed by atoms with Crippen LogP contribution in [-0.4, -0.2) is 26.5 Å². The molecule has 1 aromatic carbocycles. The molecule has 0 bridgehead atoms. The van der Waals surface area contributed by atoms with Crippen molar-refractivity contribution >= 4 is 27.5 Å². The number of nitrogens with two attached hydrogens (primary N) is 1. The molecule has 0 aliphatic rings. The highest BCUT2D eigenvalue weighted by Crippen LogP contribution is 2.16. The Hall–Kier alpha value is -0.720. The van der Waals surface area contributed by atoms with E-state index in [0.717, 1.165) is 23.5 Å². The van der Waals surface area contributed by atoms with Gasteiger partial charge in [0.1, 0.15) is 0 Å². The standard InChI is InChI=1S/C12H20N2O2S2/c1-3-17-8-4-7-14-18(15,16)11-6-5-10(2)12(13)9-11/h5-6,9,14H,3-4,7-8,13H2,1-2H3. The summed E-state index contributed by atoms with van der Waals surface area (Å²) in [5, 5.41) is 0. The van der Waals surface area contributed by atoms with E-state index in [1.165, 1.54) is 6.07 Å². The van der Waals surface area contributed by atoms with Crippen molar-refractivity contribution in [1.29, 1.82) is 0 Å². The van der Waals surface area contributed by atoms with Crippen molar-refractivity contribution in [3.05, 3.63) is 23.8 Å². The Morgan fingerprint density at radius 2 is 2.11 bits per heavy atom. The molecule has 0 aliphatic carbocycles. The molecule has 3 N–H and O–H groups in total. The Morgan fingerprint density at radius 1 is 1.39 bits per heavy atom. The molecule has 0 amide bonds. The average Bonchev–Trinajstić information content (AvgIpc) is 2.32. The largest absolute Gasteiger partial charge is 0.398 e. The summed E-state index contributed by atoms with van der Waals surface area (Å²) in [4.78, 5) is 0.230. The molecule has 0 fully saturated rings. The first kappa shape index (κ1) is 15.3. The number of hydrogen-bond donors (Lipinski definition) is 2. The van der Waals surface area contributed by atoms with Crippen LogP contribution in [0.1, 0.15) is 18.9 Å². The summed E-state index contributed by atoms with van der Waals surface area (Å²) in [5.74, 6) is 2.02. The second kappa shape index (κ2) is 7.01. The van der Waals surface area contributed by atoms with Crippen molar-refractivity contribution in [3.63, 3.8) is 0 Å². The topological polar surface area (TPSA) is 72.2 Å². The van der Waals surface area contributed by atoms with Crippen molar-refractivity contribution in [1.82, 2.24) is 4.72 Å². The van der Waals surface area contributed by atoms with E-state index in [0.29, 0.717) is 12.2 Å². The lowest BCUT2D eigenvalue weighted by Gasteiger charge is -2.08. The summed E-state index contributed by atoms with van der Waals surface area (Å²) in [6.07, 6.45) is 0.832. The van der Waals surface area contributed by atoms with Crippen LogP contribution in [0, 0.1) is 6.92 Å². The van der Waals surface area contributed by atoms with E-state index in [-0.39, 0.29) is 4.90 Å². The van der Waals surface area contributed by atoms with Crippen LogP contribution < -0.4 is 10.5 Å². The third kappa shape index (κ3) is 4.51. The number of rotatable bonds is 7. The van der Waals surface area contributed by atoms with Crippen molar-refractivity contribution in [2.24, 2.45) is 0 Å². The number of nitrogen functional groups attached to an aromatic ring is 1.